The van der Waals surface area contributed by atoms with Gasteiger partial charge in [-0.15, -0.1) is 11.8 Å². The minimum atomic E-state index is -1.06. The van der Waals surface area contributed by atoms with E-state index in [9.17, 15) is 5.11 Å². The van der Waals surface area contributed by atoms with Crippen LogP contribution >= 0.6 is 23.4 Å². The molecule has 2 aromatic carbocycles. The van der Waals surface area contributed by atoms with Crippen LogP contribution in [0, 0.1) is 11.8 Å². The molecule has 188 valence electrons. The molecule has 1 aliphatic heterocycles. The average molecular weight is 517 g/mol. The van der Waals surface area contributed by atoms with Crippen LogP contribution in [0.4, 0.5) is 4.39 Å². The van der Waals surface area contributed by atoms with E-state index in [0.717, 1.165) is 60.6 Å². The molecule has 4 rings (SSSR count). The maximum Gasteiger partial charge on any atom is 0.126 e. The number of alkyl halides is 1. The highest BCUT2D eigenvalue weighted by atomic mass is 35.5. The van der Waals surface area contributed by atoms with Crippen LogP contribution in [-0.2, 0) is 0 Å². The number of halogens is 2. The minimum absolute atomic E-state index is 0.160. The first-order valence-electron chi connectivity index (χ1n) is 12.4. The van der Waals surface area contributed by atoms with E-state index in [4.69, 9.17) is 16.3 Å². The summed E-state index contributed by atoms with van der Waals surface area (Å²) in [7, 11) is 1.62. The third kappa shape index (κ3) is 7.10. The normalized spacial score (nSPS) is 19.7. The Morgan fingerprint density at radius 1 is 1.20 bits per heavy atom. The number of fused-ring (bicyclic) bond motifs is 1. The fourth-order valence-corrected chi connectivity index (χ4v) is 5.98. The largest absolute Gasteiger partial charge is 0.497 e. The Bertz CT molecular complexity index is 1080. The SMILES string of the molecule is COc1ccc2nccc([C@@H](F)CC[C@@H]3CCN(CCCSc4ccc(Cl)cc4)C[C@@H]3CO)c2c1. The number of pyridine rings is 1. The number of thioether (sulfide) groups is 1. The van der Waals surface area contributed by atoms with Crippen molar-refractivity contribution in [3.8, 4) is 5.75 Å². The molecular weight excluding hydrogens is 483 g/mol. The van der Waals surface area contributed by atoms with Gasteiger partial charge in [0.25, 0.3) is 0 Å². The summed E-state index contributed by atoms with van der Waals surface area (Å²) in [5, 5.41) is 11.6. The number of aliphatic hydroxyl groups excluding tert-OH is 1. The standard InChI is InChI=1S/C28H34ClFN2O2S/c1-34-23-6-10-28-26(17-23)25(11-13-31-28)27(30)9-3-20-12-15-32(18-21(20)19-33)14-2-16-35-24-7-4-22(29)5-8-24/h4-8,10-11,13,17,20-21,27,33H,2-3,9,12,14-16,18-19H2,1H3/t20-,21-,27+/m1/s1. The van der Waals surface area contributed by atoms with Crippen LogP contribution in [0.1, 0.15) is 37.4 Å². The van der Waals surface area contributed by atoms with Crippen LogP contribution in [0.15, 0.2) is 59.6 Å². The third-order valence-electron chi connectivity index (χ3n) is 7.02. The van der Waals surface area contributed by atoms with Gasteiger partial charge in [-0.3, -0.25) is 4.98 Å². The van der Waals surface area contributed by atoms with Gasteiger partial charge in [0.15, 0.2) is 0 Å². The number of nitrogens with zero attached hydrogens (tertiary/aromatic N) is 2. The molecule has 3 aromatic rings. The lowest BCUT2D eigenvalue weighted by molar-refractivity contribution is 0.0640. The van der Waals surface area contributed by atoms with Crippen molar-refractivity contribution in [3.05, 3.63) is 65.3 Å². The Morgan fingerprint density at radius 3 is 2.80 bits per heavy atom. The zero-order valence-corrected chi connectivity index (χ0v) is 21.8. The van der Waals surface area contributed by atoms with E-state index in [1.165, 1.54) is 4.90 Å². The second-order valence-electron chi connectivity index (χ2n) is 9.28. The van der Waals surface area contributed by atoms with E-state index in [-0.39, 0.29) is 12.5 Å². The summed E-state index contributed by atoms with van der Waals surface area (Å²) in [5.41, 5.74) is 1.45. The molecule has 1 saturated heterocycles. The zero-order valence-electron chi connectivity index (χ0n) is 20.2. The highest BCUT2D eigenvalue weighted by Gasteiger charge is 2.29. The van der Waals surface area contributed by atoms with Gasteiger partial charge in [-0.25, -0.2) is 4.39 Å². The van der Waals surface area contributed by atoms with Crippen molar-refractivity contribution in [2.45, 2.75) is 36.8 Å². The van der Waals surface area contributed by atoms with E-state index < -0.39 is 6.17 Å². The molecule has 0 amide bonds. The Kier molecular flexibility index (Phi) is 9.67. The molecule has 0 aliphatic carbocycles. The van der Waals surface area contributed by atoms with Gasteiger partial charge >= 0.3 is 0 Å². The molecule has 0 spiro atoms. The highest BCUT2D eigenvalue weighted by Crippen LogP contribution is 2.35. The zero-order chi connectivity index (χ0) is 24.6. The summed E-state index contributed by atoms with van der Waals surface area (Å²) >= 11 is 7.80. The molecule has 0 bridgehead atoms. The van der Waals surface area contributed by atoms with Crippen LogP contribution in [0.5, 0.6) is 5.75 Å². The third-order valence-corrected chi connectivity index (χ3v) is 8.37. The second kappa shape index (κ2) is 12.9. The lowest BCUT2D eigenvalue weighted by atomic mass is 9.81. The molecule has 0 radical (unpaired) electrons. The first kappa shape index (κ1) is 26.2. The van der Waals surface area contributed by atoms with Crippen LogP contribution in [0.2, 0.25) is 5.02 Å². The van der Waals surface area contributed by atoms with Gasteiger partial charge in [0.1, 0.15) is 11.9 Å². The van der Waals surface area contributed by atoms with Crippen molar-refractivity contribution in [3.63, 3.8) is 0 Å². The Labute approximate surface area is 216 Å². The number of hydrogen-bond acceptors (Lipinski definition) is 5. The molecule has 1 fully saturated rings. The van der Waals surface area contributed by atoms with Crippen LogP contribution in [0.25, 0.3) is 10.9 Å². The fraction of sp³-hybridized carbons (Fsp3) is 0.464. The van der Waals surface area contributed by atoms with Crippen molar-refractivity contribution in [2.75, 3.05) is 39.1 Å². The number of benzene rings is 2. The molecule has 7 heteroatoms. The number of aliphatic hydroxyl groups is 1. The fourth-order valence-electron chi connectivity index (χ4n) is 5.02. The van der Waals surface area contributed by atoms with Gasteiger partial charge < -0.3 is 14.7 Å². The summed E-state index contributed by atoms with van der Waals surface area (Å²) in [6.45, 7) is 3.09. The topological polar surface area (TPSA) is 45.6 Å². The number of rotatable bonds is 11. The number of piperidine rings is 1. The van der Waals surface area contributed by atoms with E-state index in [1.807, 2.05) is 42.1 Å². The maximum absolute atomic E-state index is 15.4. The minimum Gasteiger partial charge on any atom is -0.497 e. The molecule has 0 saturated carbocycles. The smallest absolute Gasteiger partial charge is 0.126 e. The molecule has 3 atom stereocenters. The number of methoxy groups -OCH3 is 1. The molecular formula is C28H34ClFN2O2S. The van der Waals surface area contributed by atoms with Crippen molar-refractivity contribution < 1.29 is 14.2 Å². The monoisotopic (exact) mass is 516 g/mol. The number of hydrogen-bond donors (Lipinski definition) is 1. The average Bonchev–Trinajstić information content (AvgIpc) is 2.90. The predicted octanol–water partition coefficient (Wildman–Crippen LogP) is 6.80. The van der Waals surface area contributed by atoms with Gasteiger partial charge in [-0.1, -0.05) is 11.6 Å². The van der Waals surface area contributed by atoms with Gasteiger partial charge in [-0.2, -0.15) is 0 Å². The number of ether oxygens (including phenoxy) is 1. The van der Waals surface area contributed by atoms with Crippen molar-refractivity contribution >= 4 is 34.3 Å². The molecule has 35 heavy (non-hydrogen) atoms. The van der Waals surface area contributed by atoms with Gasteiger partial charge in [-0.05, 0) is 110 Å². The van der Waals surface area contributed by atoms with Crippen molar-refractivity contribution in [1.82, 2.24) is 9.88 Å². The number of likely N-dealkylation sites (tertiary alicyclic amines) is 1. The van der Waals surface area contributed by atoms with E-state index in [1.54, 1.807) is 19.4 Å². The van der Waals surface area contributed by atoms with E-state index in [2.05, 4.69) is 22.0 Å². The lowest BCUT2D eigenvalue weighted by Crippen LogP contribution is -2.42. The summed E-state index contributed by atoms with van der Waals surface area (Å²) in [4.78, 5) is 8.06. The molecule has 1 aliphatic rings. The summed E-state index contributed by atoms with van der Waals surface area (Å²) in [6, 6.07) is 15.3. The Balaban J connectivity index is 1.25. The molecule has 4 nitrogen and oxygen atoms in total. The van der Waals surface area contributed by atoms with E-state index in [0.29, 0.717) is 23.7 Å². The summed E-state index contributed by atoms with van der Waals surface area (Å²) in [6.07, 6.45) is 3.95. The van der Waals surface area contributed by atoms with Crippen molar-refractivity contribution in [2.24, 2.45) is 11.8 Å². The first-order chi connectivity index (χ1) is 17.1. The van der Waals surface area contributed by atoms with Gasteiger partial charge in [0.05, 0.1) is 12.6 Å². The molecule has 1 aromatic heterocycles. The maximum atomic E-state index is 15.4. The van der Waals surface area contributed by atoms with Gasteiger partial charge in [0, 0.05) is 34.7 Å². The van der Waals surface area contributed by atoms with Crippen LogP contribution < -0.4 is 4.74 Å². The van der Waals surface area contributed by atoms with E-state index >= 15 is 4.39 Å². The second-order valence-corrected chi connectivity index (χ2v) is 10.9. The highest BCUT2D eigenvalue weighted by molar-refractivity contribution is 7.99. The molecule has 0 unspecified atom stereocenters. The first-order valence-corrected chi connectivity index (χ1v) is 13.7. The number of aromatic nitrogens is 1. The van der Waals surface area contributed by atoms with Gasteiger partial charge in [0.2, 0.25) is 0 Å². The Morgan fingerprint density at radius 2 is 2.03 bits per heavy atom. The quantitative estimate of drug-likeness (QED) is 0.224. The molecule has 2 heterocycles. The lowest BCUT2D eigenvalue weighted by Gasteiger charge is -2.38. The van der Waals surface area contributed by atoms with Crippen molar-refractivity contribution in [1.29, 1.82) is 0 Å². The molecule has 1 N–H and O–H groups in total. The van der Waals surface area contributed by atoms with Crippen LogP contribution in [0.3, 0.4) is 0 Å². The summed E-state index contributed by atoms with van der Waals surface area (Å²) < 4.78 is 20.7. The van der Waals surface area contributed by atoms with Crippen LogP contribution in [-0.4, -0.2) is 54.1 Å². The summed E-state index contributed by atoms with van der Waals surface area (Å²) in [5.74, 6) is 2.31. The predicted molar refractivity (Wildman–Crippen MR) is 143 cm³/mol. The Hall–Kier alpha value is -1.86.